The third-order valence-corrected chi connectivity index (χ3v) is 2.07. The van der Waals surface area contributed by atoms with Crippen molar-refractivity contribution >= 4 is 5.78 Å². The lowest BCUT2D eigenvalue weighted by atomic mass is 10.1. The fourth-order valence-corrected chi connectivity index (χ4v) is 1.51. The first-order valence-corrected chi connectivity index (χ1v) is 3.70. The van der Waals surface area contributed by atoms with E-state index in [1.807, 2.05) is 0 Å². The summed E-state index contributed by atoms with van der Waals surface area (Å²) < 4.78 is 13.0. The van der Waals surface area contributed by atoms with Crippen LogP contribution < -0.4 is 0 Å². The molecule has 1 aromatic rings. The Kier molecular flexibility index (Phi) is 1.48. The van der Waals surface area contributed by atoms with Gasteiger partial charge in [-0.15, -0.1) is 0 Å². The summed E-state index contributed by atoms with van der Waals surface area (Å²) in [7, 11) is 0. The minimum Gasteiger partial charge on any atom is -0.388 e. The molecule has 0 aromatic heterocycles. The van der Waals surface area contributed by atoms with Gasteiger partial charge in [-0.3, -0.25) is 4.79 Å². The summed E-state index contributed by atoms with van der Waals surface area (Å²) in [5.41, 5.74) is 0.477. The zero-order valence-corrected chi connectivity index (χ0v) is 6.25. The molecular formula is C9H7FO2. The molecule has 3 heteroatoms. The molecule has 2 rings (SSSR count). The number of carbonyl (C=O) groups is 1. The van der Waals surface area contributed by atoms with Gasteiger partial charge in [-0.05, 0) is 6.07 Å². The zero-order valence-electron chi connectivity index (χ0n) is 6.25. The summed E-state index contributed by atoms with van der Waals surface area (Å²) in [5, 5.41) is 9.27. The molecule has 0 radical (unpaired) electrons. The average Bonchev–Trinajstić information content (AvgIpc) is 2.29. The van der Waals surface area contributed by atoms with E-state index in [0.717, 1.165) is 0 Å². The number of fused-ring (bicyclic) bond motifs is 1. The molecule has 1 aliphatic rings. The number of carbonyl (C=O) groups excluding carboxylic acids is 1. The van der Waals surface area contributed by atoms with Crippen LogP contribution in [0.3, 0.4) is 0 Å². The van der Waals surface area contributed by atoms with Gasteiger partial charge in [0.05, 0.1) is 6.10 Å². The van der Waals surface area contributed by atoms with Gasteiger partial charge >= 0.3 is 0 Å². The van der Waals surface area contributed by atoms with E-state index in [1.54, 1.807) is 0 Å². The van der Waals surface area contributed by atoms with E-state index >= 15 is 0 Å². The van der Waals surface area contributed by atoms with Crippen LogP contribution in [0, 0.1) is 5.82 Å². The number of hydrogen-bond donors (Lipinski definition) is 1. The summed E-state index contributed by atoms with van der Waals surface area (Å²) in [6.45, 7) is 0. The van der Waals surface area contributed by atoms with Crippen molar-refractivity contribution in [1.82, 2.24) is 0 Å². The van der Waals surface area contributed by atoms with E-state index in [0.29, 0.717) is 5.56 Å². The number of Topliss-reactive ketones (excluding diaryl/α,β-unsaturated/α-hetero) is 1. The van der Waals surface area contributed by atoms with Crippen LogP contribution >= 0.6 is 0 Å². The van der Waals surface area contributed by atoms with Crippen molar-refractivity contribution in [3.63, 3.8) is 0 Å². The highest BCUT2D eigenvalue weighted by molar-refractivity contribution is 6.01. The third kappa shape index (κ3) is 0.865. The second-order valence-corrected chi connectivity index (χ2v) is 2.84. The van der Waals surface area contributed by atoms with Crippen LogP contribution in [0.4, 0.5) is 4.39 Å². The number of rotatable bonds is 0. The van der Waals surface area contributed by atoms with Crippen molar-refractivity contribution in [2.75, 3.05) is 0 Å². The molecule has 0 saturated heterocycles. The van der Waals surface area contributed by atoms with Crippen LogP contribution in [0.1, 0.15) is 28.4 Å². The van der Waals surface area contributed by atoms with Gasteiger partial charge in [-0.2, -0.15) is 0 Å². The Balaban J connectivity index is 2.67. The highest BCUT2D eigenvalue weighted by atomic mass is 19.1. The second-order valence-electron chi connectivity index (χ2n) is 2.84. The Bertz CT molecular complexity index is 346. The molecule has 1 atom stereocenters. The Morgan fingerprint density at radius 2 is 2.25 bits per heavy atom. The maximum Gasteiger partial charge on any atom is 0.166 e. The lowest BCUT2D eigenvalue weighted by Crippen LogP contribution is -1.94. The van der Waals surface area contributed by atoms with Crippen molar-refractivity contribution in [2.45, 2.75) is 12.5 Å². The molecule has 0 bridgehead atoms. The minimum absolute atomic E-state index is 0.0102. The van der Waals surface area contributed by atoms with Crippen LogP contribution in [-0.4, -0.2) is 10.9 Å². The Hall–Kier alpha value is -1.22. The molecular weight excluding hydrogens is 159 g/mol. The van der Waals surface area contributed by atoms with E-state index in [2.05, 4.69) is 0 Å². The second kappa shape index (κ2) is 2.38. The number of aliphatic hydroxyl groups excluding tert-OH is 1. The molecule has 1 unspecified atom stereocenters. The van der Waals surface area contributed by atoms with Crippen LogP contribution in [0.15, 0.2) is 18.2 Å². The SMILES string of the molecule is O=C1CC(O)c2c(F)cccc21. The number of aliphatic hydroxyl groups is 1. The molecule has 0 saturated carbocycles. The fourth-order valence-electron chi connectivity index (χ4n) is 1.51. The van der Waals surface area contributed by atoms with E-state index in [-0.39, 0.29) is 17.8 Å². The lowest BCUT2D eigenvalue weighted by Gasteiger charge is -2.02. The van der Waals surface area contributed by atoms with E-state index in [4.69, 9.17) is 0 Å². The predicted molar refractivity (Wildman–Crippen MR) is 40.3 cm³/mol. The van der Waals surface area contributed by atoms with Gasteiger partial charge < -0.3 is 5.11 Å². The van der Waals surface area contributed by atoms with Crippen LogP contribution in [-0.2, 0) is 0 Å². The van der Waals surface area contributed by atoms with Crippen molar-refractivity contribution in [1.29, 1.82) is 0 Å². The zero-order chi connectivity index (χ0) is 8.72. The smallest absolute Gasteiger partial charge is 0.166 e. The topological polar surface area (TPSA) is 37.3 Å². The van der Waals surface area contributed by atoms with E-state index < -0.39 is 11.9 Å². The van der Waals surface area contributed by atoms with Crippen LogP contribution in [0.25, 0.3) is 0 Å². The van der Waals surface area contributed by atoms with Gasteiger partial charge in [0, 0.05) is 17.5 Å². The van der Waals surface area contributed by atoms with Crippen molar-refractivity contribution in [3.8, 4) is 0 Å². The third-order valence-electron chi connectivity index (χ3n) is 2.07. The summed E-state index contributed by atoms with van der Waals surface area (Å²) in [6.07, 6.45) is -0.940. The monoisotopic (exact) mass is 166 g/mol. The first-order valence-electron chi connectivity index (χ1n) is 3.70. The Morgan fingerprint density at radius 3 is 2.92 bits per heavy atom. The first-order chi connectivity index (χ1) is 5.70. The van der Waals surface area contributed by atoms with Gasteiger partial charge in [0.15, 0.2) is 5.78 Å². The van der Waals surface area contributed by atoms with E-state index in [1.165, 1.54) is 18.2 Å². The highest BCUT2D eigenvalue weighted by Crippen LogP contribution is 2.32. The summed E-state index contributed by atoms with van der Waals surface area (Å²) in [6, 6.07) is 4.27. The van der Waals surface area contributed by atoms with Crippen molar-refractivity contribution in [3.05, 3.63) is 35.1 Å². The number of benzene rings is 1. The normalized spacial score (nSPS) is 21.2. The molecule has 1 aliphatic carbocycles. The molecule has 1 aromatic carbocycles. The van der Waals surface area contributed by atoms with Gasteiger partial charge in [-0.25, -0.2) is 4.39 Å². The van der Waals surface area contributed by atoms with Crippen LogP contribution in [0.2, 0.25) is 0 Å². The fraction of sp³-hybridized carbons (Fsp3) is 0.222. The molecule has 1 N–H and O–H groups in total. The highest BCUT2D eigenvalue weighted by Gasteiger charge is 2.29. The number of halogens is 1. The summed E-state index contributed by atoms with van der Waals surface area (Å²) >= 11 is 0. The van der Waals surface area contributed by atoms with Crippen molar-refractivity contribution in [2.24, 2.45) is 0 Å². The van der Waals surface area contributed by atoms with Gasteiger partial charge in [0.1, 0.15) is 5.82 Å². The maximum atomic E-state index is 13.0. The van der Waals surface area contributed by atoms with Gasteiger partial charge in [0.2, 0.25) is 0 Å². The molecule has 0 fully saturated rings. The largest absolute Gasteiger partial charge is 0.388 e. The van der Waals surface area contributed by atoms with Gasteiger partial charge in [-0.1, -0.05) is 12.1 Å². The molecule has 0 amide bonds. The molecule has 12 heavy (non-hydrogen) atoms. The Morgan fingerprint density at radius 1 is 1.50 bits per heavy atom. The van der Waals surface area contributed by atoms with Crippen molar-refractivity contribution < 1.29 is 14.3 Å². The van der Waals surface area contributed by atoms with E-state index in [9.17, 15) is 14.3 Å². The average molecular weight is 166 g/mol. The molecule has 0 spiro atoms. The maximum absolute atomic E-state index is 13.0. The quantitative estimate of drug-likeness (QED) is 0.633. The van der Waals surface area contributed by atoms with Gasteiger partial charge in [0.25, 0.3) is 0 Å². The molecule has 0 aliphatic heterocycles. The summed E-state index contributed by atoms with van der Waals surface area (Å²) in [4.78, 5) is 11.1. The minimum atomic E-state index is -0.950. The molecule has 0 heterocycles. The molecule has 2 nitrogen and oxygen atoms in total. The molecule has 62 valence electrons. The van der Waals surface area contributed by atoms with Crippen LogP contribution in [0.5, 0.6) is 0 Å². The number of ketones is 1. The standard InChI is InChI=1S/C9H7FO2/c10-6-3-1-2-5-7(11)4-8(12)9(5)6/h1-3,8,12H,4H2. The predicted octanol–water partition coefficient (Wildman–Crippen LogP) is 1.45. The first kappa shape index (κ1) is 7.43. The summed E-state index contributed by atoms with van der Waals surface area (Å²) in [5.74, 6) is -0.678. The number of hydrogen-bond acceptors (Lipinski definition) is 2. The lowest BCUT2D eigenvalue weighted by molar-refractivity contribution is 0.0929. The Labute approximate surface area is 68.6 Å².